The highest BCUT2D eigenvalue weighted by atomic mass is 35.5. The van der Waals surface area contributed by atoms with Crippen molar-refractivity contribution >= 4 is 17.2 Å². The minimum absolute atomic E-state index is 0.543. The van der Waals surface area contributed by atoms with E-state index in [9.17, 15) is 0 Å². The summed E-state index contributed by atoms with van der Waals surface area (Å²) in [5.41, 5.74) is 2.80. The van der Waals surface area contributed by atoms with Crippen molar-refractivity contribution in [3.05, 3.63) is 48.1 Å². The van der Waals surface area contributed by atoms with Gasteiger partial charge in [-0.2, -0.15) is 5.10 Å². The van der Waals surface area contributed by atoms with E-state index >= 15 is 0 Å². The van der Waals surface area contributed by atoms with Gasteiger partial charge in [-0.1, -0.05) is 11.6 Å². The van der Waals surface area contributed by atoms with Crippen LogP contribution in [0.4, 0.5) is 0 Å². The van der Waals surface area contributed by atoms with Crippen LogP contribution in [0.1, 0.15) is 0 Å². The van der Waals surface area contributed by atoms with Gasteiger partial charge in [0.25, 0.3) is 0 Å². The summed E-state index contributed by atoms with van der Waals surface area (Å²) in [4.78, 5) is 8.10. The number of hydrogen-bond acceptors (Lipinski definition) is 3. The second-order valence-electron chi connectivity index (χ2n) is 3.33. The number of nitrogens with zero attached hydrogens (tertiary/aromatic N) is 4. The normalized spacial score (nSPS) is 10.8. The van der Waals surface area contributed by atoms with E-state index in [4.69, 9.17) is 11.6 Å². The van der Waals surface area contributed by atoms with Crippen molar-refractivity contribution in [3.63, 3.8) is 0 Å². The first kappa shape index (κ1) is 9.30. The molecule has 0 spiro atoms. The zero-order chi connectivity index (χ0) is 11.0. The topological polar surface area (TPSA) is 43.1 Å². The van der Waals surface area contributed by atoms with E-state index in [1.54, 1.807) is 16.9 Å². The summed E-state index contributed by atoms with van der Waals surface area (Å²) < 4.78 is 1.59. The quantitative estimate of drug-likeness (QED) is 0.603. The Morgan fingerprint density at radius 1 is 1.06 bits per heavy atom. The van der Waals surface area contributed by atoms with E-state index in [0.29, 0.717) is 5.15 Å². The summed E-state index contributed by atoms with van der Waals surface area (Å²) in [6.45, 7) is 0. The predicted octanol–water partition coefficient (Wildman–Crippen LogP) is 2.44. The highest BCUT2D eigenvalue weighted by molar-refractivity contribution is 6.30. The zero-order valence-corrected chi connectivity index (χ0v) is 8.96. The van der Waals surface area contributed by atoms with Gasteiger partial charge in [0, 0.05) is 12.4 Å². The van der Waals surface area contributed by atoms with Crippen LogP contribution in [-0.4, -0.2) is 19.6 Å². The van der Waals surface area contributed by atoms with Crippen molar-refractivity contribution in [2.24, 2.45) is 0 Å². The molecule has 0 N–H and O–H groups in total. The van der Waals surface area contributed by atoms with E-state index in [1.807, 2.05) is 24.3 Å². The fraction of sp³-hybridized carbons (Fsp3) is 0. The Morgan fingerprint density at radius 2 is 1.88 bits per heavy atom. The molecule has 5 heteroatoms. The van der Waals surface area contributed by atoms with Crippen LogP contribution in [0.5, 0.6) is 0 Å². The van der Waals surface area contributed by atoms with Gasteiger partial charge in [-0.15, -0.1) is 0 Å². The molecule has 0 saturated carbocycles. The third kappa shape index (κ3) is 1.44. The fourth-order valence-corrected chi connectivity index (χ4v) is 1.84. The minimum Gasteiger partial charge on any atom is -0.265 e. The molecule has 0 amide bonds. The van der Waals surface area contributed by atoms with Crippen LogP contribution in [0.15, 0.2) is 43.0 Å². The first-order valence-corrected chi connectivity index (χ1v) is 5.12. The molecule has 0 aliphatic rings. The average molecular weight is 231 g/mol. The van der Waals surface area contributed by atoms with Gasteiger partial charge in [-0.05, 0) is 35.4 Å². The minimum atomic E-state index is 0.543. The smallest absolute Gasteiger partial charge is 0.157 e. The first-order chi connectivity index (χ1) is 7.84. The Morgan fingerprint density at radius 3 is 2.69 bits per heavy atom. The van der Waals surface area contributed by atoms with Crippen LogP contribution in [0.3, 0.4) is 0 Å². The van der Waals surface area contributed by atoms with Gasteiger partial charge in [-0.3, -0.25) is 4.98 Å². The molecule has 0 bridgehead atoms. The van der Waals surface area contributed by atoms with E-state index in [2.05, 4.69) is 15.1 Å². The maximum absolute atomic E-state index is 6.10. The van der Waals surface area contributed by atoms with Gasteiger partial charge in [0.2, 0.25) is 0 Å². The lowest BCUT2D eigenvalue weighted by atomic mass is 10.1. The number of aromatic nitrogens is 4. The van der Waals surface area contributed by atoms with Gasteiger partial charge in [0.1, 0.15) is 11.5 Å². The Balaban J connectivity index is 2.25. The molecule has 0 saturated heterocycles. The lowest BCUT2D eigenvalue weighted by Gasteiger charge is -2.02. The first-order valence-electron chi connectivity index (χ1n) is 4.74. The maximum Gasteiger partial charge on any atom is 0.157 e. The molecule has 0 aliphatic carbocycles. The lowest BCUT2D eigenvalue weighted by molar-refractivity contribution is 0.962. The van der Waals surface area contributed by atoms with Crippen LogP contribution < -0.4 is 0 Å². The second kappa shape index (κ2) is 3.57. The third-order valence-corrected chi connectivity index (χ3v) is 2.62. The number of rotatable bonds is 1. The maximum atomic E-state index is 6.10. The average Bonchev–Trinajstić information content (AvgIpc) is 2.79. The van der Waals surface area contributed by atoms with E-state index in [1.165, 1.54) is 6.33 Å². The zero-order valence-electron chi connectivity index (χ0n) is 8.21. The molecule has 4 nitrogen and oxygen atoms in total. The Kier molecular flexibility index (Phi) is 2.08. The van der Waals surface area contributed by atoms with Gasteiger partial charge in [0.15, 0.2) is 5.65 Å². The number of hydrogen-bond donors (Lipinski definition) is 0. The molecule has 3 rings (SSSR count). The third-order valence-electron chi connectivity index (χ3n) is 2.35. The summed E-state index contributed by atoms with van der Waals surface area (Å²) >= 11 is 6.10. The Hall–Kier alpha value is -1.94. The highest BCUT2D eigenvalue weighted by Crippen LogP contribution is 2.23. The number of fused-ring (bicyclic) bond motifs is 1. The van der Waals surface area contributed by atoms with Crippen molar-refractivity contribution in [1.82, 2.24) is 19.6 Å². The molecule has 3 aromatic heterocycles. The number of halogens is 1. The van der Waals surface area contributed by atoms with Gasteiger partial charge >= 0.3 is 0 Å². The molecule has 0 atom stereocenters. The van der Waals surface area contributed by atoms with Crippen LogP contribution in [0.25, 0.3) is 16.8 Å². The summed E-state index contributed by atoms with van der Waals surface area (Å²) in [5.74, 6) is 0. The summed E-state index contributed by atoms with van der Waals surface area (Å²) in [5, 5.41) is 4.56. The predicted molar refractivity (Wildman–Crippen MR) is 61.2 cm³/mol. The highest BCUT2D eigenvalue weighted by Gasteiger charge is 2.05. The van der Waals surface area contributed by atoms with E-state index < -0.39 is 0 Å². The fourth-order valence-electron chi connectivity index (χ4n) is 1.59. The van der Waals surface area contributed by atoms with Gasteiger partial charge in [0.05, 0.1) is 0 Å². The summed E-state index contributed by atoms with van der Waals surface area (Å²) in [6, 6.07) is 7.66. The second-order valence-corrected chi connectivity index (χ2v) is 3.72. The largest absolute Gasteiger partial charge is 0.265 e. The number of pyridine rings is 2. The van der Waals surface area contributed by atoms with Crippen LogP contribution in [0.2, 0.25) is 5.15 Å². The van der Waals surface area contributed by atoms with Crippen molar-refractivity contribution in [1.29, 1.82) is 0 Å². The summed E-state index contributed by atoms with van der Waals surface area (Å²) in [7, 11) is 0. The van der Waals surface area contributed by atoms with Gasteiger partial charge < -0.3 is 0 Å². The molecule has 0 aromatic carbocycles. The van der Waals surface area contributed by atoms with Crippen molar-refractivity contribution in [3.8, 4) is 11.1 Å². The molecule has 0 radical (unpaired) electrons. The van der Waals surface area contributed by atoms with Crippen molar-refractivity contribution in [2.45, 2.75) is 0 Å². The molecule has 3 aromatic rings. The molecule has 0 fully saturated rings. The molecule has 78 valence electrons. The molecule has 0 unspecified atom stereocenters. The van der Waals surface area contributed by atoms with Crippen LogP contribution in [0, 0.1) is 0 Å². The van der Waals surface area contributed by atoms with Crippen molar-refractivity contribution in [2.75, 3.05) is 0 Å². The molecular formula is C11H7ClN4. The van der Waals surface area contributed by atoms with Gasteiger partial charge in [-0.25, -0.2) is 9.50 Å². The van der Waals surface area contributed by atoms with Crippen LogP contribution >= 0.6 is 11.6 Å². The Labute approximate surface area is 96.5 Å². The monoisotopic (exact) mass is 230 g/mol. The lowest BCUT2D eigenvalue weighted by Crippen LogP contribution is -1.90. The Bertz CT molecular complexity index is 633. The standard InChI is InChI=1S/C11H7ClN4/c12-10-5-9(8-1-3-13-4-2-8)6-11-14-7-15-16(10)11/h1-7H. The molecule has 3 heterocycles. The van der Waals surface area contributed by atoms with Crippen molar-refractivity contribution < 1.29 is 0 Å². The summed E-state index contributed by atoms with van der Waals surface area (Å²) in [6.07, 6.45) is 4.98. The molecule has 0 aliphatic heterocycles. The molecular weight excluding hydrogens is 224 g/mol. The van der Waals surface area contributed by atoms with E-state index in [0.717, 1.165) is 16.8 Å². The SMILES string of the molecule is Clc1cc(-c2ccncc2)cc2ncnn12. The van der Waals surface area contributed by atoms with E-state index in [-0.39, 0.29) is 0 Å². The molecule has 16 heavy (non-hydrogen) atoms. The van der Waals surface area contributed by atoms with Crippen LogP contribution in [-0.2, 0) is 0 Å².